The van der Waals surface area contributed by atoms with Crippen LogP contribution in [0.3, 0.4) is 0 Å². The summed E-state index contributed by atoms with van der Waals surface area (Å²) in [5, 5.41) is 4.99. The predicted molar refractivity (Wildman–Crippen MR) is 111 cm³/mol. The van der Waals surface area contributed by atoms with Crippen molar-refractivity contribution in [1.82, 2.24) is 19.6 Å². The van der Waals surface area contributed by atoms with Crippen LogP contribution in [-0.2, 0) is 22.4 Å². The molecule has 0 radical (unpaired) electrons. The average Bonchev–Trinajstić information content (AvgIpc) is 3.13. The first-order valence-electron chi connectivity index (χ1n) is 9.47. The molecule has 2 aromatic heterocycles. The Balaban J connectivity index is 1.65. The lowest BCUT2D eigenvalue weighted by molar-refractivity contribution is -0.141. The molecule has 0 unspecified atom stereocenters. The molecule has 0 fully saturated rings. The molecule has 0 bridgehead atoms. The average molecular weight is 413 g/mol. The lowest BCUT2D eigenvalue weighted by atomic mass is 10.1. The highest BCUT2D eigenvalue weighted by molar-refractivity contribution is 7.98. The summed E-state index contributed by atoms with van der Waals surface area (Å²) in [6, 6.07) is 7.43. The second-order valence-corrected chi connectivity index (χ2v) is 7.55. The molecule has 1 aromatic carbocycles. The summed E-state index contributed by atoms with van der Waals surface area (Å²) in [7, 11) is 0. The van der Waals surface area contributed by atoms with Crippen molar-refractivity contribution >= 4 is 29.3 Å². The van der Waals surface area contributed by atoms with Gasteiger partial charge in [0.05, 0.1) is 6.42 Å². The SMILES string of the molecule is CCCc1ccc(C(=O)COC(=O)Cc2c(C)nc3nc(SC)nn3c2C)cc1. The van der Waals surface area contributed by atoms with Crippen molar-refractivity contribution in [2.45, 2.75) is 45.2 Å². The number of nitrogens with zero attached hydrogens (tertiary/aromatic N) is 4. The molecule has 8 heteroatoms. The summed E-state index contributed by atoms with van der Waals surface area (Å²) in [6.07, 6.45) is 3.95. The zero-order valence-corrected chi connectivity index (χ0v) is 17.9. The van der Waals surface area contributed by atoms with E-state index in [1.807, 2.05) is 32.2 Å². The second kappa shape index (κ2) is 9.17. The van der Waals surface area contributed by atoms with Crippen molar-refractivity contribution in [2.75, 3.05) is 12.9 Å². The Labute approximate surface area is 173 Å². The first kappa shape index (κ1) is 21.0. The van der Waals surface area contributed by atoms with E-state index in [2.05, 4.69) is 22.0 Å². The van der Waals surface area contributed by atoms with Gasteiger partial charge in [0, 0.05) is 22.5 Å². The van der Waals surface area contributed by atoms with E-state index in [1.165, 1.54) is 17.3 Å². The molecule has 0 atom stereocenters. The number of rotatable bonds is 8. The monoisotopic (exact) mass is 412 g/mol. The number of Topliss-reactive ketones (excluding diaryl/α,β-unsaturated/α-hetero) is 1. The van der Waals surface area contributed by atoms with Gasteiger partial charge in [-0.1, -0.05) is 49.4 Å². The highest BCUT2D eigenvalue weighted by Crippen LogP contribution is 2.17. The van der Waals surface area contributed by atoms with Gasteiger partial charge in [-0.3, -0.25) is 9.59 Å². The van der Waals surface area contributed by atoms with Gasteiger partial charge < -0.3 is 4.74 Å². The van der Waals surface area contributed by atoms with Crippen LogP contribution < -0.4 is 0 Å². The lowest BCUT2D eigenvalue weighted by Gasteiger charge is -2.10. The fourth-order valence-electron chi connectivity index (χ4n) is 3.10. The van der Waals surface area contributed by atoms with Gasteiger partial charge in [0.25, 0.3) is 5.78 Å². The van der Waals surface area contributed by atoms with Gasteiger partial charge in [-0.05, 0) is 32.1 Å². The van der Waals surface area contributed by atoms with Gasteiger partial charge in [0.1, 0.15) is 0 Å². The van der Waals surface area contributed by atoms with E-state index in [-0.39, 0.29) is 18.8 Å². The molecule has 0 amide bonds. The Morgan fingerprint density at radius 1 is 1.14 bits per heavy atom. The van der Waals surface area contributed by atoms with Crippen molar-refractivity contribution in [3.8, 4) is 0 Å². The number of ether oxygens (including phenoxy) is 1. The van der Waals surface area contributed by atoms with Crippen molar-refractivity contribution in [3.05, 3.63) is 52.3 Å². The molecule has 0 aliphatic rings. The third-order valence-electron chi connectivity index (χ3n) is 4.71. The van der Waals surface area contributed by atoms with E-state index < -0.39 is 5.97 Å². The van der Waals surface area contributed by atoms with Crippen LogP contribution in [0.4, 0.5) is 0 Å². The molecule has 2 heterocycles. The molecule has 0 N–H and O–H groups in total. The molecule has 29 heavy (non-hydrogen) atoms. The molecule has 0 saturated heterocycles. The number of fused-ring (bicyclic) bond motifs is 1. The Kier molecular flexibility index (Phi) is 6.64. The Bertz CT molecular complexity index is 1040. The van der Waals surface area contributed by atoms with Crippen molar-refractivity contribution in [1.29, 1.82) is 0 Å². The summed E-state index contributed by atoms with van der Waals surface area (Å²) < 4.78 is 6.85. The molecule has 0 saturated carbocycles. The molecular weight excluding hydrogens is 388 g/mol. The van der Waals surface area contributed by atoms with Gasteiger partial charge >= 0.3 is 5.97 Å². The lowest BCUT2D eigenvalue weighted by Crippen LogP contribution is -2.18. The van der Waals surface area contributed by atoms with Gasteiger partial charge in [-0.2, -0.15) is 4.98 Å². The fraction of sp³-hybridized carbons (Fsp3) is 0.381. The minimum atomic E-state index is -0.474. The number of thioether (sulfide) groups is 1. The third-order valence-corrected chi connectivity index (χ3v) is 5.25. The summed E-state index contributed by atoms with van der Waals surface area (Å²) >= 11 is 1.43. The quantitative estimate of drug-likeness (QED) is 0.318. The first-order valence-corrected chi connectivity index (χ1v) is 10.7. The van der Waals surface area contributed by atoms with Crippen LogP contribution >= 0.6 is 11.8 Å². The van der Waals surface area contributed by atoms with Crippen molar-refractivity contribution in [2.24, 2.45) is 0 Å². The van der Waals surface area contributed by atoms with Crippen LogP contribution in [0.2, 0.25) is 0 Å². The van der Waals surface area contributed by atoms with Crippen LogP contribution in [0.15, 0.2) is 29.4 Å². The molecule has 152 valence electrons. The Morgan fingerprint density at radius 3 is 2.52 bits per heavy atom. The highest BCUT2D eigenvalue weighted by atomic mass is 32.2. The maximum atomic E-state index is 12.3. The van der Waals surface area contributed by atoms with E-state index in [4.69, 9.17) is 4.74 Å². The zero-order chi connectivity index (χ0) is 21.0. The number of benzene rings is 1. The van der Waals surface area contributed by atoms with E-state index in [1.54, 1.807) is 16.6 Å². The molecule has 3 rings (SSSR count). The fourth-order valence-corrected chi connectivity index (χ4v) is 3.44. The van der Waals surface area contributed by atoms with Crippen molar-refractivity contribution in [3.63, 3.8) is 0 Å². The van der Waals surface area contributed by atoms with Crippen LogP contribution in [0.25, 0.3) is 5.78 Å². The normalized spacial score (nSPS) is 11.0. The van der Waals surface area contributed by atoms with E-state index >= 15 is 0 Å². The minimum absolute atomic E-state index is 0.0256. The van der Waals surface area contributed by atoms with Crippen LogP contribution in [0.5, 0.6) is 0 Å². The first-order chi connectivity index (χ1) is 13.9. The highest BCUT2D eigenvalue weighted by Gasteiger charge is 2.17. The molecule has 7 nitrogen and oxygen atoms in total. The van der Waals surface area contributed by atoms with Gasteiger partial charge in [0.2, 0.25) is 5.16 Å². The van der Waals surface area contributed by atoms with Gasteiger partial charge in [-0.25, -0.2) is 9.50 Å². The standard InChI is InChI=1S/C21H24N4O3S/c1-5-6-15-7-9-16(10-8-15)18(26)12-28-19(27)11-17-13(2)22-20-23-21(29-4)24-25(20)14(17)3/h7-10H,5-6,11-12H2,1-4H3. The number of carbonyl (C=O) groups excluding carboxylic acids is 2. The minimum Gasteiger partial charge on any atom is -0.457 e. The molecular formula is C21H24N4O3S. The number of carbonyl (C=O) groups is 2. The maximum absolute atomic E-state index is 12.3. The van der Waals surface area contributed by atoms with E-state index in [9.17, 15) is 9.59 Å². The summed E-state index contributed by atoms with van der Waals surface area (Å²) in [5.41, 5.74) is 3.95. The Morgan fingerprint density at radius 2 is 1.86 bits per heavy atom. The molecule has 0 aliphatic carbocycles. The summed E-state index contributed by atoms with van der Waals surface area (Å²) in [6.45, 7) is 5.53. The number of aryl methyl sites for hydroxylation is 3. The van der Waals surface area contributed by atoms with E-state index in [0.717, 1.165) is 24.1 Å². The third kappa shape index (κ3) is 4.82. The maximum Gasteiger partial charge on any atom is 0.310 e. The van der Waals surface area contributed by atoms with Crippen LogP contribution in [-0.4, -0.2) is 44.2 Å². The predicted octanol–water partition coefficient (Wildman–Crippen LogP) is 3.38. The Hall–Kier alpha value is -2.74. The summed E-state index contributed by atoms with van der Waals surface area (Å²) in [4.78, 5) is 33.4. The number of esters is 1. The zero-order valence-electron chi connectivity index (χ0n) is 17.1. The van der Waals surface area contributed by atoms with Gasteiger partial charge in [0.15, 0.2) is 12.4 Å². The van der Waals surface area contributed by atoms with Crippen molar-refractivity contribution < 1.29 is 14.3 Å². The topological polar surface area (TPSA) is 86.5 Å². The number of ketones is 1. The molecule has 0 spiro atoms. The summed E-state index contributed by atoms with van der Waals surface area (Å²) in [5.74, 6) is -0.189. The number of aromatic nitrogens is 4. The smallest absolute Gasteiger partial charge is 0.310 e. The van der Waals surface area contributed by atoms with Crippen LogP contribution in [0, 0.1) is 13.8 Å². The molecule has 3 aromatic rings. The van der Waals surface area contributed by atoms with Crippen LogP contribution in [0.1, 0.15) is 46.2 Å². The van der Waals surface area contributed by atoms with Gasteiger partial charge in [-0.15, -0.1) is 5.10 Å². The van der Waals surface area contributed by atoms with E-state index in [0.29, 0.717) is 22.2 Å². The number of hydrogen-bond acceptors (Lipinski definition) is 7. The molecule has 0 aliphatic heterocycles. The number of hydrogen-bond donors (Lipinski definition) is 0. The largest absolute Gasteiger partial charge is 0.457 e. The second-order valence-electron chi connectivity index (χ2n) is 6.78.